The second-order valence-electron chi connectivity index (χ2n) is 8.60. The molecular weight excluding hydrogens is 429 g/mol. The second kappa shape index (κ2) is 10.1. The number of aliphatic hydroxyl groups excluding tert-OH is 2. The molecule has 0 radical (unpaired) electrons. The summed E-state index contributed by atoms with van der Waals surface area (Å²) in [6.45, 7) is 0.487. The van der Waals surface area contributed by atoms with Crippen LogP contribution in [0.15, 0.2) is 36.4 Å². The molecule has 1 aliphatic carbocycles. The fourth-order valence-electron chi connectivity index (χ4n) is 4.72. The Hall–Kier alpha value is -1.65. The van der Waals surface area contributed by atoms with Crippen LogP contribution >= 0.6 is 0 Å². The maximum Gasteiger partial charge on any atom is 0.416 e. The zero-order valence-electron chi connectivity index (χ0n) is 17.6. The summed E-state index contributed by atoms with van der Waals surface area (Å²) in [4.78, 5) is 0. The molecule has 7 atom stereocenters. The zero-order chi connectivity index (χ0) is 22.7. The van der Waals surface area contributed by atoms with E-state index in [0.29, 0.717) is 19.4 Å². The first-order valence-electron chi connectivity index (χ1n) is 11.1. The maximum absolute atomic E-state index is 12.8. The molecule has 0 bridgehead atoms. The fraction of sp³-hybridized carbons (Fsp3) is 0.652. The Morgan fingerprint density at radius 1 is 1.22 bits per heavy atom. The van der Waals surface area contributed by atoms with Crippen LogP contribution in [0.4, 0.5) is 13.2 Å². The van der Waals surface area contributed by atoms with E-state index in [2.05, 4.69) is 0 Å². The first-order valence-corrected chi connectivity index (χ1v) is 11.1. The van der Waals surface area contributed by atoms with Crippen molar-refractivity contribution in [3.05, 3.63) is 42.0 Å². The molecule has 2 unspecified atom stereocenters. The summed E-state index contributed by atoms with van der Waals surface area (Å²) in [6.07, 6.45) is 0.629. The molecule has 1 aromatic rings. The molecule has 2 aliphatic heterocycles. The Balaban J connectivity index is 1.35. The standard InChI is InChI=1S/C23H29F3O6/c24-23(25,26)14-4-3-5-16(10-14)30-13-15(27)7-8-17-18-11-21(28)31-20(18)12-19(17)32-22-6-1-2-9-29-22/h3-5,7-8,10,15,17-22,27-28H,1-2,6,9,11-13H2/b8-7+/t15-,17-,18-,19-,20+,21?,22?/m1/s1. The van der Waals surface area contributed by atoms with Gasteiger partial charge in [0, 0.05) is 25.4 Å². The van der Waals surface area contributed by atoms with Gasteiger partial charge in [-0.05, 0) is 43.4 Å². The van der Waals surface area contributed by atoms with E-state index in [-0.39, 0.29) is 42.7 Å². The van der Waals surface area contributed by atoms with E-state index in [4.69, 9.17) is 18.9 Å². The number of ether oxygens (including phenoxy) is 4. The van der Waals surface area contributed by atoms with Gasteiger partial charge in [0.25, 0.3) is 0 Å². The highest BCUT2D eigenvalue weighted by atomic mass is 19.4. The van der Waals surface area contributed by atoms with Crippen molar-refractivity contribution in [2.75, 3.05) is 13.2 Å². The van der Waals surface area contributed by atoms with Crippen LogP contribution in [0.5, 0.6) is 5.75 Å². The molecule has 2 heterocycles. The van der Waals surface area contributed by atoms with Gasteiger partial charge >= 0.3 is 6.18 Å². The molecule has 0 amide bonds. The Bertz CT molecular complexity index is 779. The Morgan fingerprint density at radius 2 is 2.06 bits per heavy atom. The van der Waals surface area contributed by atoms with Crippen LogP contribution in [0.25, 0.3) is 0 Å². The predicted octanol–water partition coefficient (Wildman–Crippen LogP) is 3.66. The number of benzene rings is 1. The predicted molar refractivity (Wildman–Crippen MR) is 108 cm³/mol. The number of hydrogen-bond acceptors (Lipinski definition) is 6. The van der Waals surface area contributed by atoms with Crippen molar-refractivity contribution in [1.82, 2.24) is 0 Å². The molecule has 178 valence electrons. The summed E-state index contributed by atoms with van der Waals surface area (Å²) < 4.78 is 61.3. The smallest absolute Gasteiger partial charge is 0.416 e. The van der Waals surface area contributed by atoms with Gasteiger partial charge in [-0.2, -0.15) is 13.2 Å². The lowest BCUT2D eigenvalue weighted by atomic mass is 9.91. The largest absolute Gasteiger partial charge is 0.491 e. The number of rotatable bonds is 7. The molecule has 2 N–H and O–H groups in total. The summed E-state index contributed by atoms with van der Waals surface area (Å²) in [5.74, 6) is 0.0217. The van der Waals surface area contributed by atoms with E-state index in [0.717, 1.165) is 31.4 Å². The summed E-state index contributed by atoms with van der Waals surface area (Å²) in [5.41, 5.74) is -0.804. The van der Waals surface area contributed by atoms with Gasteiger partial charge in [-0.1, -0.05) is 18.2 Å². The van der Waals surface area contributed by atoms with Crippen LogP contribution in [0.1, 0.15) is 37.7 Å². The molecule has 32 heavy (non-hydrogen) atoms. The van der Waals surface area contributed by atoms with Crippen LogP contribution in [-0.4, -0.2) is 54.3 Å². The minimum absolute atomic E-state index is 0.0381. The van der Waals surface area contributed by atoms with Crippen molar-refractivity contribution in [1.29, 1.82) is 0 Å². The fourth-order valence-corrected chi connectivity index (χ4v) is 4.72. The molecular formula is C23H29F3O6. The average molecular weight is 458 g/mol. The van der Waals surface area contributed by atoms with Crippen molar-refractivity contribution in [2.24, 2.45) is 11.8 Å². The van der Waals surface area contributed by atoms with Crippen LogP contribution in [0.2, 0.25) is 0 Å². The van der Waals surface area contributed by atoms with Crippen molar-refractivity contribution < 1.29 is 42.3 Å². The van der Waals surface area contributed by atoms with E-state index < -0.39 is 24.1 Å². The van der Waals surface area contributed by atoms with Crippen LogP contribution in [0.3, 0.4) is 0 Å². The highest BCUT2D eigenvalue weighted by molar-refractivity contribution is 5.30. The van der Waals surface area contributed by atoms with E-state index >= 15 is 0 Å². The molecule has 1 saturated carbocycles. The molecule has 3 aliphatic rings. The SMILES string of the molecule is OC1C[C@@H]2[C@@H](/C=C/[C@@H](O)COc3cccc(C(F)(F)F)c3)[C@H](OC3CCCCO3)C[C@@H]2O1. The number of alkyl halides is 3. The molecule has 3 fully saturated rings. The van der Waals surface area contributed by atoms with Crippen molar-refractivity contribution in [3.8, 4) is 5.75 Å². The number of halogens is 3. The van der Waals surface area contributed by atoms with E-state index in [1.807, 2.05) is 6.08 Å². The lowest BCUT2D eigenvalue weighted by Gasteiger charge is -2.29. The van der Waals surface area contributed by atoms with Crippen LogP contribution in [0, 0.1) is 11.8 Å². The molecule has 0 spiro atoms. The topological polar surface area (TPSA) is 77.4 Å². The summed E-state index contributed by atoms with van der Waals surface area (Å²) >= 11 is 0. The zero-order valence-corrected chi connectivity index (χ0v) is 17.6. The van der Waals surface area contributed by atoms with Crippen molar-refractivity contribution in [2.45, 2.75) is 69.2 Å². The van der Waals surface area contributed by atoms with Gasteiger partial charge in [0.2, 0.25) is 0 Å². The van der Waals surface area contributed by atoms with Gasteiger partial charge in [0.05, 0.1) is 17.8 Å². The highest BCUT2D eigenvalue weighted by Gasteiger charge is 2.49. The summed E-state index contributed by atoms with van der Waals surface area (Å²) in [5, 5.41) is 20.2. The Kier molecular flexibility index (Phi) is 7.41. The summed E-state index contributed by atoms with van der Waals surface area (Å²) in [6, 6.07) is 4.55. The third kappa shape index (κ3) is 5.82. The molecule has 2 saturated heterocycles. The van der Waals surface area contributed by atoms with Gasteiger partial charge in [0.1, 0.15) is 18.5 Å². The third-order valence-corrected chi connectivity index (χ3v) is 6.27. The Morgan fingerprint density at radius 3 is 2.81 bits per heavy atom. The number of fused-ring (bicyclic) bond motifs is 1. The van der Waals surface area contributed by atoms with Crippen LogP contribution < -0.4 is 4.74 Å². The van der Waals surface area contributed by atoms with E-state index in [1.165, 1.54) is 12.1 Å². The minimum atomic E-state index is -4.46. The molecule has 6 nitrogen and oxygen atoms in total. The lowest BCUT2D eigenvalue weighted by Crippen LogP contribution is -2.31. The Labute approximate surface area is 184 Å². The first-order chi connectivity index (χ1) is 15.3. The van der Waals surface area contributed by atoms with Crippen molar-refractivity contribution in [3.63, 3.8) is 0 Å². The average Bonchev–Trinajstić information content (AvgIpc) is 3.26. The normalized spacial score (nSPS) is 34.0. The number of hydrogen-bond donors (Lipinski definition) is 2. The maximum atomic E-state index is 12.8. The van der Waals surface area contributed by atoms with Gasteiger partial charge in [-0.25, -0.2) is 0 Å². The molecule has 0 aromatic heterocycles. The highest BCUT2D eigenvalue weighted by Crippen LogP contribution is 2.45. The molecule has 1 aromatic carbocycles. The van der Waals surface area contributed by atoms with Gasteiger partial charge in [0.15, 0.2) is 12.6 Å². The quantitative estimate of drug-likeness (QED) is 0.608. The first kappa shape index (κ1) is 23.5. The van der Waals surface area contributed by atoms with E-state index in [1.54, 1.807) is 6.08 Å². The second-order valence-corrected chi connectivity index (χ2v) is 8.60. The van der Waals surface area contributed by atoms with Gasteiger partial charge in [-0.3, -0.25) is 0 Å². The van der Waals surface area contributed by atoms with Crippen molar-refractivity contribution >= 4 is 0 Å². The number of aliphatic hydroxyl groups is 2. The third-order valence-electron chi connectivity index (χ3n) is 6.27. The lowest BCUT2D eigenvalue weighted by molar-refractivity contribution is -0.196. The van der Waals surface area contributed by atoms with E-state index in [9.17, 15) is 23.4 Å². The van der Waals surface area contributed by atoms with Gasteiger partial charge in [-0.15, -0.1) is 0 Å². The molecule has 9 heteroatoms. The van der Waals surface area contributed by atoms with Gasteiger partial charge < -0.3 is 29.2 Å². The summed E-state index contributed by atoms with van der Waals surface area (Å²) in [7, 11) is 0. The molecule has 4 rings (SSSR count). The minimum Gasteiger partial charge on any atom is -0.491 e. The van der Waals surface area contributed by atoms with Crippen LogP contribution in [-0.2, 0) is 20.4 Å². The monoisotopic (exact) mass is 458 g/mol.